The molecule has 0 aliphatic carbocycles. The van der Waals surface area contributed by atoms with Crippen molar-refractivity contribution in [1.29, 1.82) is 0 Å². The van der Waals surface area contributed by atoms with E-state index in [2.05, 4.69) is 30.1 Å². The van der Waals surface area contributed by atoms with Gasteiger partial charge in [0.25, 0.3) is 0 Å². The maximum atomic E-state index is 13.0. The summed E-state index contributed by atoms with van der Waals surface area (Å²) in [6.07, 6.45) is 0. The van der Waals surface area contributed by atoms with Crippen molar-refractivity contribution in [2.45, 2.75) is 13.8 Å². The van der Waals surface area contributed by atoms with Crippen LogP contribution >= 0.6 is 11.3 Å². The lowest BCUT2D eigenvalue weighted by molar-refractivity contribution is 0.628. The van der Waals surface area contributed by atoms with Crippen molar-refractivity contribution < 1.29 is 4.39 Å². The second-order valence-corrected chi connectivity index (χ2v) is 5.81. The minimum atomic E-state index is -0.213. The number of hydrogen-bond acceptors (Lipinski definition) is 2. The van der Waals surface area contributed by atoms with Crippen LogP contribution in [0.3, 0.4) is 0 Å². The predicted molar refractivity (Wildman–Crippen MR) is 82.4 cm³/mol. The van der Waals surface area contributed by atoms with Gasteiger partial charge in [-0.3, -0.25) is 0 Å². The van der Waals surface area contributed by atoms with Crippen molar-refractivity contribution in [3.8, 4) is 21.0 Å². The topological polar surface area (TPSA) is 12.9 Å². The fourth-order valence-corrected chi connectivity index (χ4v) is 3.24. The van der Waals surface area contributed by atoms with E-state index in [1.165, 1.54) is 17.7 Å². The first kappa shape index (κ1) is 13.0. The molecule has 0 saturated carbocycles. The fraction of sp³-hybridized carbons (Fsp3) is 0.118. The molecule has 3 rings (SSSR count). The number of aryl methyl sites for hydroxylation is 2. The molecule has 3 aromatic rings. The second-order valence-electron chi connectivity index (χ2n) is 4.81. The molecule has 0 saturated heterocycles. The Bertz CT molecular complexity index is 744. The van der Waals surface area contributed by atoms with Crippen LogP contribution in [0, 0.1) is 19.7 Å². The molecule has 0 aliphatic heterocycles. The summed E-state index contributed by atoms with van der Waals surface area (Å²) >= 11 is 1.65. The van der Waals surface area contributed by atoms with Gasteiger partial charge in [-0.15, -0.1) is 11.3 Å². The molecule has 2 aromatic carbocycles. The maximum absolute atomic E-state index is 13.0. The zero-order valence-corrected chi connectivity index (χ0v) is 12.2. The normalized spacial score (nSPS) is 10.8. The van der Waals surface area contributed by atoms with Crippen LogP contribution in [0.4, 0.5) is 4.39 Å². The molecule has 1 aromatic heterocycles. The second kappa shape index (κ2) is 5.17. The highest BCUT2D eigenvalue weighted by Gasteiger charge is 2.11. The number of rotatable bonds is 2. The van der Waals surface area contributed by atoms with Crippen LogP contribution in [0.2, 0.25) is 0 Å². The largest absolute Gasteiger partial charge is 0.241 e. The van der Waals surface area contributed by atoms with E-state index in [1.807, 2.05) is 13.0 Å². The van der Waals surface area contributed by atoms with Crippen LogP contribution < -0.4 is 0 Å². The summed E-state index contributed by atoms with van der Waals surface area (Å²) in [5.74, 6) is -0.213. The SMILES string of the molecule is Cc1cccc(-c2nc(C)c(-c3ccc(F)cc3)s2)c1. The summed E-state index contributed by atoms with van der Waals surface area (Å²) in [5.41, 5.74) is 4.35. The molecule has 1 heterocycles. The van der Waals surface area contributed by atoms with E-state index in [0.717, 1.165) is 26.7 Å². The van der Waals surface area contributed by atoms with Crippen molar-refractivity contribution in [2.75, 3.05) is 0 Å². The monoisotopic (exact) mass is 283 g/mol. The number of aromatic nitrogens is 1. The van der Waals surface area contributed by atoms with Crippen molar-refractivity contribution in [1.82, 2.24) is 4.98 Å². The van der Waals surface area contributed by atoms with Gasteiger partial charge in [0.05, 0.1) is 10.6 Å². The Morgan fingerprint density at radius 1 is 0.950 bits per heavy atom. The molecular formula is C17H14FNS. The molecule has 0 amide bonds. The zero-order chi connectivity index (χ0) is 14.1. The first-order chi connectivity index (χ1) is 9.63. The molecule has 0 radical (unpaired) electrons. The van der Waals surface area contributed by atoms with E-state index in [4.69, 9.17) is 0 Å². The van der Waals surface area contributed by atoms with Gasteiger partial charge in [0, 0.05) is 5.56 Å². The molecule has 0 unspecified atom stereocenters. The summed E-state index contributed by atoms with van der Waals surface area (Å²) in [4.78, 5) is 5.74. The lowest BCUT2D eigenvalue weighted by Gasteiger charge is -1.98. The smallest absolute Gasteiger partial charge is 0.124 e. The molecule has 100 valence electrons. The van der Waals surface area contributed by atoms with Gasteiger partial charge in [-0.05, 0) is 37.6 Å². The van der Waals surface area contributed by atoms with Crippen molar-refractivity contribution in [3.05, 3.63) is 65.6 Å². The summed E-state index contributed by atoms with van der Waals surface area (Å²) in [6, 6.07) is 14.9. The van der Waals surface area contributed by atoms with E-state index in [0.29, 0.717) is 0 Å². The Hall–Kier alpha value is -2.00. The predicted octanol–water partition coefficient (Wildman–Crippen LogP) is 5.23. The number of halogens is 1. The van der Waals surface area contributed by atoms with Crippen LogP contribution in [0.1, 0.15) is 11.3 Å². The molecular weight excluding hydrogens is 269 g/mol. The van der Waals surface area contributed by atoms with Crippen molar-refractivity contribution in [3.63, 3.8) is 0 Å². The number of hydrogen-bond donors (Lipinski definition) is 0. The van der Waals surface area contributed by atoms with Gasteiger partial charge in [-0.25, -0.2) is 9.37 Å². The average Bonchev–Trinajstić information content (AvgIpc) is 2.82. The third-order valence-corrected chi connectivity index (χ3v) is 4.42. The molecule has 0 N–H and O–H groups in total. The molecule has 0 bridgehead atoms. The Morgan fingerprint density at radius 3 is 2.40 bits per heavy atom. The lowest BCUT2D eigenvalue weighted by atomic mass is 10.1. The quantitative estimate of drug-likeness (QED) is 0.627. The standard InChI is InChI=1S/C17H14FNS/c1-11-4-3-5-14(10-11)17-19-12(2)16(20-17)13-6-8-15(18)9-7-13/h3-10H,1-2H3. The molecule has 20 heavy (non-hydrogen) atoms. The van der Waals surface area contributed by atoms with E-state index in [1.54, 1.807) is 23.5 Å². The van der Waals surface area contributed by atoms with Gasteiger partial charge in [0.2, 0.25) is 0 Å². The maximum Gasteiger partial charge on any atom is 0.124 e. The number of benzene rings is 2. The Morgan fingerprint density at radius 2 is 1.70 bits per heavy atom. The van der Waals surface area contributed by atoms with E-state index < -0.39 is 0 Å². The van der Waals surface area contributed by atoms with Gasteiger partial charge in [0.15, 0.2) is 0 Å². The molecule has 0 aliphatic rings. The van der Waals surface area contributed by atoms with Gasteiger partial charge < -0.3 is 0 Å². The van der Waals surface area contributed by atoms with Crippen LogP contribution in [-0.2, 0) is 0 Å². The summed E-state index contributed by atoms with van der Waals surface area (Å²) < 4.78 is 13.0. The van der Waals surface area contributed by atoms with Crippen LogP contribution in [-0.4, -0.2) is 4.98 Å². The molecule has 0 atom stereocenters. The summed E-state index contributed by atoms with van der Waals surface area (Å²) in [7, 11) is 0. The highest BCUT2D eigenvalue weighted by molar-refractivity contribution is 7.18. The third-order valence-electron chi connectivity index (χ3n) is 3.17. The third kappa shape index (κ3) is 2.49. The van der Waals surface area contributed by atoms with Crippen LogP contribution in [0.5, 0.6) is 0 Å². The summed E-state index contributed by atoms with van der Waals surface area (Å²) in [6.45, 7) is 4.07. The van der Waals surface area contributed by atoms with Crippen molar-refractivity contribution >= 4 is 11.3 Å². The molecule has 1 nitrogen and oxygen atoms in total. The highest BCUT2D eigenvalue weighted by Crippen LogP contribution is 2.35. The van der Waals surface area contributed by atoms with Gasteiger partial charge >= 0.3 is 0 Å². The van der Waals surface area contributed by atoms with Gasteiger partial charge in [-0.1, -0.05) is 35.9 Å². The zero-order valence-electron chi connectivity index (χ0n) is 11.4. The lowest BCUT2D eigenvalue weighted by Crippen LogP contribution is -1.80. The number of thiazole rings is 1. The van der Waals surface area contributed by atoms with E-state index in [9.17, 15) is 4.39 Å². The van der Waals surface area contributed by atoms with Crippen LogP contribution in [0.25, 0.3) is 21.0 Å². The van der Waals surface area contributed by atoms with Crippen molar-refractivity contribution in [2.24, 2.45) is 0 Å². The summed E-state index contributed by atoms with van der Waals surface area (Å²) in [5, 5.41) is 1.01. The average molecular weight is 283 g/mol. The van der Waals surface area contributed by atoms with E-state index in [-0.39, 0.29) is 5.82 Å². The van der Waals surface area contributed by atoms with Crippen LogP contribution in [0.15, 0.2) is 48.5 Å². The Kier molecular flexibility index (Phi) is 3.36. The molecule has 0 spiro atoms. The highest BCUT2D eigenvalue weighted by atomic mass is 32.1. The minimum absolute atomic E-state index is 0.213. The first-order valence-electron chi connectivity index (χ1n) is 6.44. The minimum Gasteiger partial charge on any atom is -0.241 e. The number of nitrogens with zero attached hydrogens (tertiary/aromatic N) is 1. The molecule has 0 fully saturated rings. The Balaban J connectivity index is 2.05. The Labute approximate surface area is 121 Å². The fourth-order valence-electron chi connectivity index (χ4n) is 2.17. The van der Waals surface area contributed by atoms with Gasteiger partial charge in [-0.2, -0.15) is 0 Å². The molecule has 3 heteroatoms. The first-order valence-corrected chi connectivity index (χ1v) is 7.25. The van der Waals surface area contributed by atoms with E-state index >= 15 is 0 Å². The van der Waals surface area contributed by atoms with Gasteiger partial charge in [0.1, 0.15) is 10.8 Å².